The van der Waals surface area contributed by atoms with E-state index in [1.54, 1.807) is 5.38 Å². The summed E-state index contributed by atoms with van der Waals surface area (Å²) in [4.78, 5) is 12.4. The lowest BCUT2D eigenvalue weighted by molar-refractivity contribution is 0.0957. The standard InChI is InChI=1S/C12H18N2O3S2/c1-2-5-13-12(15)11-8-10(9-18-11)19(16,17)14-6-3-4-7-14/h8-9H,2-7H2,1H3,(H,13,15). The molecule has 1 N–H and O–H groups in total. The van der Waals surface area contributed by atoms with Crippen molar-refractivity contribution in [3.8, 4) is 0 Å². The molecule has 0 aliphatic carbocycles. The first kappa shape index (κ1) is 14.5. The highest BCUT2D eigenvalue weighted by Gasteiger charge is 2.28. The largest absolute Gasteiger partial charge is 0.351 e. The number of hydrogen-bond acceptors (Lipinski definition) is 4. The van der Waals surface area contributed by atoms with Gasteiger partial charge in [-0.1, -0.05) is 6.92 Å². The van der Waals surface area contributed by atoms with Gasteiger partial charge in [0.15, 0.2) is 0 Å². The molecule has 0 radical (unpaired) electrons. The Morgan fingerprint density at radius 1 is 1.42 bits per heavy atom. The van der Waals surface area contributed by atoms with Gasteiger partial charge in [0.1, 0.15) is 0 Å². The number of nitrogens with one attached hydrogen (secondary N) is 1. The third-order valence-corrected chi connectivity index (χ3v) is 5.99. The summed E-state index contributed by atoms with van der Waals surface area (Å²) in [5.41, 5.74) is 0. The van der Waals surface area contributed by atoms with Gasteiger partial charge in [0, 0.05) is 25.0 Å². The molecule has 0 aromatic carbocycles. The minimum atomic E-state index is -3.41. The number of carbonyl (C=O) groups is 1. The van der Waals surface area contributed by atoms with E-state index in [9.17, 15) is 13.2 Å². The van der Waals surface area contributed by atoms with Crippen molar-refractivity contribution in [3.05, 3.63) is 16.3 Å². The fraction of sp³-hybridized carbons (Fsp3) is 0.583. The van der Waals surface area contributed by atoms with Gasteiger partial charge in [-0.15, -0.1) is 11.3 Å². The van der Waals surface area contributed by atoms with Crippen molar-refractivity contribution in [2.24, 2.45) is 0 Å². The summed E-state index contributed by atoms with van der Waals surface area (Å²) in [5, 5.41) is 4.30. The fourth-order valence-corrected chi connectivity index (χ4v) is 4.67. The molecule has 19 heavy (non-hydrogen) atoms. The van der Waals surface area contributed by atoms with E-state index in [0.717, 1.165) is 19.3 Å². The predicted octanol–water partition coefficient (Wildman–Crippen LogP) is 1.67. The maximum absolute atomic E-state index is 12.3. The highest BCUT2D eigenvalue weighted by molar-refractivity contribution is 7.89. The number of rotatable bonds is 5. The number of amides is 1. The van der Waals surface area contributed by atoms with Gasteiger partial charge in [-0.3, -0.25) is 4.79 Å². The second-order valence-electron chi connectivity index (χ2n) is 4.51. The Balaban J connectivity index is 2.14. The maximum atomic E-state index is 12.3. The Labute approximate surface area is 117 Å². The number of nitrogens with zero attached hydrogens (tertiary/aromatic N) is 1. The molecule has 1 saturated heterocycles. The van der Waals surface area contributed by atoms with Crippen LogP contribution in [0.1, 0.15) is 35.9 Å². The summed E-state index contributed by atoms with van der Waals surface area (Å²) in [6, 6.07) is 1.48. The Morgan fingerprint density at radius 2 is 2.11 bits per heavy atom. The van der Waals surface area contributed by atoms with Gasteiger partial charge >= 0.3 is 0 Å². The predicted molar refractivity (Wildman–Crippen MR) is 74.9 cm³/mol. The summed E-state index contributed by atoms with van der Waals surface area (Å²) in [7, 11) is -3.41. The highest BCUT2D eigenvalue weighted by atomic mass is 32.2. The van der Waals surface area contributed by atoms with Crippen molar-refractivity contribution >= 4 is 27.3 Å². The zero-order valence-electron chi connectivity index (χ0n) is 10.9. The average molecular weight is 302 g/mol. The van der Waals surface area contributed by atoms with Crippen LogP contribution in [-0.4, -0.2) is 38.3 Å². The van der Waals surface area contributed by atoms with Gasteiger partial charge in [0.2, 0.25) is 10.0 Å². The Kier molecular flexibility index (Phi) is 4.59. The summed E-state index contributed by atoms with van der Waals surface area (Å²) >= 11 is 1.18. The lowest BCUT2D eigenvalue weighted by Crippen LogP contribution is -2.27. The summed E-state index contributed by atoms with van der Waals surface area (Å²) in [6.45, 7) is 3.73. The summed E-state index contributed by atoms with van der Waals surface area (Å²) in [6.07, 6.45) is 2.68. The highest BCUT2D eigenvalue weighted by Crippen LogP contribution is 2.25. The van der Waals surface area contributed by atoms with Crippen molar-refractivity contribution in [3.63, 3.8) is 0 Å². The Bertz CT molecular complexity index is 545. The third-order valence-electron chi connectivity index (χ3n) is 3.04. The molecule has 5 nitrogen and oxygen atoms in total. The summed E-state index contributed by atoms with van der Waals surface area (Å²) in [5.74, 6) is -0.199. The van der Waals surface area contributed by atoms with Crippen LogP contribution in [0.2, 0.25) is 0 Å². The first-order valence-corrected chi connectivity index (χ1v) is 8.74. The van der Waals surface area contributed by atoms with E-state index < -0.39 is 10.0 Å². The molecule has 1 fully saturated rings. The van der Waals surface area contributed by atoms with Crippen molar-refractivity contribution < 1.29 is 13.2 Å². The molecule has 1 aromatic rings. The van der Waals surface area contributed by atoms with E-state index >= 15 is 0 Å². The molecule has 0 atom stereocenters. The first-order valence-electron chi connectivity index (χ1n) is 6.42. The minimum absolute atomic E-state index is 0.199. The Hall–Kier alpha value is -0.920. The van der Waals surface area contributed by atoms with Crippen LogP contribution in [0.15, 0.2) is 16.3 Å². The third kappa shape index (κ3) is 3.16. The zero-order chi connectivity index (χ0) is 13.9. The quantitative estimate of drug-likeness (QED) is 0.900. The number of hydrogen-bond donors (Lipinski definition) is 1. The second kappa shape index (κ2) is 6.02. The minimum Gasteiger partial charge on any atom is -0.351 e. The van der Waals surface area contributed by atoms with Crippen molar-refractivity contribution in [2.75, 3.05) is 19.6 Å². The molecule has 106 valence electrons. The molecule has 1 aromatic heterocycles. The smallest absolute Gasteiger partial charge is 0.261 e. The molecule has 1 aliphatic heterocycles. The van der Waals surface area contributed by atoms with E-state index in [0.29, 0.717) is 24.5 Å². The fourth-order valence-electron chi connectivity index (χ4n) is 1.98. The van der Waals surface area contributed by atoms with Crippen LogP contribution in [-0.2, 0) is 10.0 Å². The molecule has 1 amide bonds. The molecule has 7 heteroatoms. The monoisotopic (exact) mass is 302 g/mol. The normalized spacial score (nSPS) is 16.7. The van der Waals surface area contributed by atoms with Crippen LogP contribution in [0.25, 0.3) is 0 Å². The molecule has 0 bridgehead atoms. The SMILES string of the molecule is CCCNC(=O)c1cc(S(=O)(=O)N2CCCC2)cs1. The van der Waals surface area contributed by atoms with Crippen LogP contribution in [0.4, 0.5) is 0 Å². The molecule has 0 unspecified atom stereocenters. The van der Waals surface area contributed by atoms with E-state index in [2.05, 4.69) is 5.32 Å². The van der Waals surface area contributed by atoms with Gasteiger partial charge in [-0.2, -0.15) is 4.31 Å². The topological polar surface area (TPSA) is 66.5 Å². The zero-order valence-corrected chi connectivity index (χ0v) is 12.5. The van der Waals surface area contributed by atoms with Crippen LogP contribution < -0.4 is 5.32 Å². The van der Waals surface area contributed by atoms with E-state index in [1.807, 2.05) is 6.92 Å². The lowest BCUT2D eigenvalue weighted by Gasteiger charge is -2.13. The van der Waals surface area contributed by atoms with Crippen molar-refractivity contribution in [1.29, 1.82) is 0 Å². The van der Waals surface area contributed by atoms with Crippen LogP contribution in [0.3, 0.4) is 0 Å². The van der Waals surface area contributed by atoms with E-state index in [-0.39, 0.29) is 10.8 Å². The first-order chi connectivity index (χ1) is 9.05. The second-order valence-corrected chi connectivity index (χ2v) is 7.36. The number of sulfonamides is 1. The molecule has 0 saturated carbocycles. The Morgan fingerprint density at radius 3 is 2.74 bits per heavy atom. The van der Waals surface area contributed by atoms with Gasteiger partial charge in [-0.05, 0) is 25.3 Å². The van der Waals surface area contributed by atoms with Crippen molar-refractivity contribution in [1.82, 2.24) is 9.62 Å². The van der Waals surface area contributed by atoms with Crippen LogP contribution >= 0.6 is 11.3 Å². The molecule has 1 aliphatic rings. The lowest BCUT2D eigenvalue weighted by atomic mass is 10.4. The van der Waals surface area contributed by atoms with E-state index in [4.69, 9.17) is 0 Å². The van der Waals surface area contributed by atoms with E-state index in [1.165, 1.54) is 21.7 Å². The van der Waals surface area contributed by atoms with Crippen molar-refractivity contribution in [2.45, 2.75) is 31.1 Å². The van der Waals surface area contributed by atoms with Crippen LogP contribution in [0, 0.1) is 0 Å². The maximum Gasteiger partial charge on any atom is 0.261 e. The number of thiophene rings is 1. The van der Waals surface area contributed by atoms with Gasteiger partial charge in [0.05, 0.1) is 9.77 Å². The van der Waals surface area contributed by atoms with Gasteiger partial charge in [0.25, 0.3) is 5.91 Å². The molecular weight excluding hydrogens is 284 g/mol. The number of carbonyl (C=O) groups excluding carboxylic acids is 1. The van der Waals surface area contributed by atoms with Crippen LogP contribution in [0.5, 0.6) is 0 Å². The van der Waals surface area contributed by atoms with Gasteiger partial charge < -0.3 is 5.32 Å². The molecule has 2 rings (SSSR count). The molecule has 0 spiro atoms. The molecular formula is C12H18N2O3S2. The molecule has 2 heterocycles. The summed E-state index contributed by atoms with van der Waals surface area (Å²) < 4.78 is 26.1. The average Bonchev–Trinajstić information content (AvgIpc) is 3.05. The van der Waals surface area contributed by atoms with Gasteiger partial charge in [-0.25, -0.2) is 8.42 Å².